The Morgan fingerprint density at radius 3 is 2.87 bits per heavy atom. The molecular formula is C25H28N2O4. The number of nitrogens with zero attached hydrogens (tertiary/aromatic N) is 2. The first kappa shape index (κ1) is 17.5. The summed E-state index contributed by atoms with van der Waals surface area (Å²) in [5.74, 6) is 3.21. The van der Waals surface area contributed by atoms with Crippen LogP contribution in [0, 0.1) is 17.8 Å². The molecule has 2 bridgehead atoms. The van der Waals surface area contributed by atoms with E-state index in [1.807, 2.05) is 0 Å². The number of anilines is 1. The largest absolute Gasteiger partial charge is 0.493 e. The molecule has 8 rings (SSSR count). The van der Waals surface area contributed by atoms with Gasteiger partial charge in [0.15, 0.2) is 11.5 Å². The number of ether oxygens (including phenoxy) is 3. The Morgan fingerprint density at radius 2 is 2.03 bits per heavy atom. The topological polar surface area (TPSA) is 51.2 Å². The molecular weight excluding hydrogens is 392 g/mol. The van der Waals surface area contributed by atoms with Gasteiger partial charge in [0.1, 0.15) is 0 Å². The number of carbonyl (C=O) groups excluding carboxylic acids is 1. The van der Waals surface area contributed by atoms with E-state index in [2.05, 4.69) is 28.0 Å². The highest BCUT2D eigenvalue weighted by molar-refractivity contribution is 5.99. The molecule has 5 fully saturated rings. The van der Waals surface area contributed by atoms with Crippen LogP contribution in [0.1, 0.15) is 31.2 Å². The zero-order valence-corrected chi connectivity index (χ0v) is 18.0. The highest BCUT2D eigenvalue weighted by Gasteiger charge is 2.75. The summed E-state index contributed by atoms with van der Waals surface area (Å²) in [4.78, 5) is 18.7. The Labute approximate surface area is 182 Å². The quantitative estimate of drug-likeness (QED) is 0.688. The van der Waals surface area contributed by atoms with E-state index in [0.29, 0.717) is 48.6 Å². The minimum Gasteiger partial charge on any atom is -0.493 e. The molecule has 0 aromatic heterocycles. The number of hydrogen-bond donors (Lipinski definition) is 0. The Morgan fingerprint density at radius 1 is 1.19 bits per heavy atom. The maximum Gasteiger partial charge on any atom is 0.229 e. The van der Waals surface area contributed by atoms with Crippen molar-refractivity contribution < 1.29 is 19.0 Å². The van der Waals surface area contributed by atoms with Crippen LogP contribution in [0.25, 0.3) is 0 Å². The fourth-order valence-electron chi connectivity index (χ4n) is 9.31. The number of methoxy groups -OCH3 is 2. The summed E-state index contributed by atoms with van der Waals surface area (Å²) in [5, 5.41) is 0. The van der Waals surface area contributed by atoms with Gasteiger partial charge in [-0.3, -0.25) is 9.69 Å². The van der Waals surface area contributed by atoms with Gasteiger partial charge < -0.3 is 19.1 Å². The van der Waals surface area contributed by atoms with Gasteiger partial charge in [-0.1, -0.05) is 11.6 Å². The number of benzene rings is 1. The van der Waals surface area contributed by atoms with E-state index in [1.54, 1.807) is 19.8 Å². The first-order valence-corrected chi connectivity index (χ1v) is 11.8. The van der Waals surface area contributed by atoms with E-state index in [-0.39, 0.29) is 23.5 Å². The monoisotopic (exact) mass is 420 g/mol. The summed E-state index contributed by atoms with van der Waals surface area (Å²) in [6, 6.07) is 5.76. The number of hydrogen-bond acceptors (Lipinski definition) is 5. The molecule has 162 valence electrons. The second-order valence-corrected chi connectivity index (χ2v) is 10.6. The van der Waals surface area contributed by atoms with Crippen molar-refractivity contribution in [2.45, 2.75) is 55.3 Å². The Hall–Kier alpha value is -2.05. The highest BCUT2D eigenvalue weighted by Crippen LogP contribution is 2.71. The molecule has 8 atom stereocenters. The molecule has 1 aromatic rings. The van der Waals surface area contributed by atoms with Crippen molar-refractivity contribution in [2.24, 2.45) is 17.8 Å². The van der Waals surface area contributed by atoms with Crippen molar-refractivity contribution in [1.82, 2.24) is 4.90 Å². The zero-order valence-electron chi connectivity index (χ0n) is 18.0. The lowest BCUT2D eigenvalue weighted by Gasteiger charge is -2.58. The SMILES string of the molecule is COc1cc2c(cc1OC)C13CCC4CC1C1C5C(=CCOC6CC(=O)N2C3C65)CN41. The second kappa shape index (κ2) is 5.46. The molecule has 0 radical (unpaired) electrons. The molecule has 3 saturated heterocycles. The lowest BCUT2D eigenvalue weighted by Crippen LogP contribution is -2.68. The van der Waals surface area contributed by atoms with Crippen LogP contribution in [-0.2, 0) is 14.9 Å². The molecule has 7 aliphatic rings. The van der Waals surface area contributed by atoms with E-state index in [0.717, 1.165) is 24.4 Å². The first-order valence-electron chi connectivity index (χ1n) is 11.8. The summed E-state index contributed by atoms with van der Waals surface area (Å²) in [6.07, 6.45) is 6.51. The molecule has 2 aliphatic carbocycles. The molecule has 6 heteroatoms. The van der Waals surface area contributed by atoms with Crippen LogP contribution in [0.15, 0.2) is 23.8 Å². The van der Waals surface area contributed by atoms with Crippen molar-refractivity contribution in [3.8, 4) is 11.5 Å². The number of rotatable bonds is 2. The molecule has 5 heterocycles. The molecule has 6 nitrogen and oxygen atoms in total. The Kier molecular flexibility index (Phi) is 3.08. The maximum atomic E-state index is 13.6. The maximum absolute atomic E-state index is 13.6. The van der Waals surface area contributed by atoms with Crippen LogP contribution in [0.3, 0.4) is 0 Å². The molecule has 5 aliphatic heterocycles. The minimum atomic E-state index is 0.00342. The van der Waals surface area contributed by atoms with Crippen molar-refractivity contribution in [1.29, 1.82) is 0 Å². The van der Waals surface area contributed by atoms with Gasteiger partial charge >= 0.3 is 0 Å². The van der Waals surface area contributed by atoms with Crippen LogP contribution in [0.2, 0.25) is 0 Å². The molecule has 31 heavy (non-hydrogen) atoms. The Balaban J connectivity index is 1.44. The Bertz CT molecular complexity index is 1070. The van der Waals surface area contributed by atoms with Gasteiger partial charge in [0.2, 0.25) is 5.91 Å². The minimum absolute atomic E-state index is 0.00342. The van der Waals surface area contributed by atoms with Gasteiger partial charge in [0.25, 0.3) is 0 Å². The van der Waals surface area contributed by atoms with Crippen molar-refractivity contribution in [2.75, 3.05) is 32.3 Å². The van der Waals surface area contributed by atoms with Crippen LogP contribution >= 0.6 is 0 Å². The lowest BCUT2D eigenvalue weighted by molar-refractivity contribution is -0.133. The summed E-state index contributed by atoms with van der Waals surface area (Å²) in [6.45, 7) is 1.77. The fraction of sp³-hybridized carbons (Fsp3) is 0.640. The van der Waals surface area contributed by atoms with Crippen molar-refractivity contribution in [3.63, 3.8) is 0 Å². The predicted molar refractivity (Wildman–Crippen MR) is 114 cm³/mol. The van der Waals surface area contributed by atoms with Crippen LogP contribution < -0.4 is 14.4 Å². The summed E-state index contributed by atoms with van der Waals surface area (Å²) < 4.78 is 17.8. The summed E-state index contributed by atoms with van der Waals surface area (Å²) >= 11 is 0. The molecule has 1 aromatic carbocycles. The molecule has 1 spiro atoms. The lowest BCUT2D eigenvalue weighted by atomic mass is 9.48. The zero-order chi connectivity index (χ0) is 20.6. The van der Waals surface area contributed by atoms with Crippen LogP contribution in [0.5, 0.6) is 11.5 Å². The van der Waals surface area contributed by atoms with Gasteiger partial charge in [-0.05, 0) is 36.8 Å². The van der Waals surface area contributed by atoms with E-state index in [4.69, 9.17) is 14.2 Å². The second-order valence-electron chi connectivity index (χ2n) is 10.6. The average molecular weight is 421 g/mol. The molecule has 0 N–H and O–H groups in total. The van der Waals surface area contributed by atoms with Crippen LogP contribution in [-0.4, -0.2) is 62.4 Å². The van der Waals surface area contributed by atoms with Crippen molar-refractivity contribution >= 4 is 11.6 Å². The van der Waals surface area contributed by atoms with Gasteiger partial charge in [-0.25, -0.2) is 0 Å². The summed E-state index contributed by atoms with van der Waals surface area (Å²) in [7, 11) is 3.39. The first-order chi connectivity index (χ1) is 15.2. The molecule has 2 saturated carbocycles. The van der Waals surface area contributed by atoms with E-state index < -0.39 is 0 Å². The summed E-state index contributed by atoms with van der Waals surface area (Å²) in [5.41, 5.74) is 3.99. The van der Waals surface area contributed by atoms with Gasteiger partial charge in [-0.15, -0.1) is 0 Å². The van der Waals surface area contributed by atoms with Gasteiger partial charge in [-0.2, -0.15) is 0 Å². The number of fused-ring (bicyclic) bond motifs is 4. The number of amides is 1. The fourth-order valence-corrected chi connectivity index (χ4v) is 9.31. The normalized spacial score (nSPS) is 45.4. The third-order valence-electron chi connectivity index (χ3n) is 10.1. The van der Waals surface area contributed by atoms with Crippen molar-refractivity contribution in [3.05, 3.63) is 29.3 Å². The highest BCUT2D eigenvalue weighted by atomic mass is 16.5. The molecule has 8 unspecified atom stereocenters. The standard InChI is InChI=1S/C25H28N2O4/c1-29-17-8-14-16(9-18(17)30-2)27-20(28)10-19-22-21-12(4-6-31-19)11-26-13-3-5-25(14,24(22)27)15(7-13)23(21)26/h4,8-9,13,15,19,21-24H,3,5-7,10-11H2,1-2H3. The number of piperidine rings is 1. The van der Waals surface area contributed by atoms with E-state index >= 15 is 0 Å². The van der Waals surface area contributed by atoms with E-state index in [1.165, 1.54) is 18.4 Å². The average Bonchev–Trinajstić information content (AvgIpc) is 3.36. The third-order valence-corrected chi connectivity index (χ3v) is 10.1. The van der Waals surface area contributed by atoms with Crippen LogP contribution in [0.4, 0.5) is 5.69 Å². The van der Waals surface area contributed by atoms with Gasteiger partial charge in [0, 0.05) is 41.9 Å². The predicted octanol–water partition coefficient (Wildman–Crippen LogP) is 2.50. The third kappa shape index (κ3) is 1.74. The van der Waals surface area contributed by atoms with E-state index in [9.17, 15) is 4.79 Å². The molecule has 1 amide bonds. The number of carbonyl (C=O) groups is 1. The smallest absolute Gasteiger partial charge is 0.229 e. The van der Waals surface area contributed by atoms with Gasteiger partial charge in [0.05, 0.1) is 45.1 Å².